The van der Waals surface area contributed by atoms with Crippen molar-refractivity contribution in [3.63, 3.8) is 0 Å². The molecule has 0 saturated carbocycles. The molecule has 0 spiro atoms. The highest BCUT2D eigenvalue weighted by Gasteiger charge is 2.21. The van der Waals surface area contributed by atoms with Gasteiger partial charge in [0.1, 0.15) is 12.4 Å². The van der Waals surface area contributed by atoms with E-state index in [0.717, 1.165) is 17.9 Å². The Bertz CT molecular complexity index is 528. The maximum Gasteiger partial charge on any atom is 0.138 e. The van der Waals surface area contributed by atoms with Crippen molar-refractivity contribution in [3.8, 4) is 5.75 Å². The molecule has 3 heteroatoms. The maximum absolute atomic E-state index is 5.91. The molecule has 1 aliphatic rings. The van der Waals surface area contributed by atoms with Crippen LogP contribution in [0.5, 0.6) is 5.75 Å². The van der Waals surface area contributed by atoms with E-state index in [9.17, 15) is 0 Å². The van der Waals surface area contributed by atoms with E-state index in [1.54, 1.807) is 6.20 Å². The first-order chi connectivity index (χ1) is 10.4. The Balaban J connectivity index is 1.89. The molecule has 0 bridgehead atoms. The maximum atomic E-state index is 5.91. The molecule has 0 N–H and O–H groups in total. The van der Waals surface area contributed by atoms with Crippen LogP contribution in [0.4, 0.5) is 0 Å². The standard InChI is InChI=1S/C19H28N2O/c1-19(2,3)10-6-5-8-16-12-18(14-20-13-16)22-15-17-9-7-11-21(17)4/h5-6,8,10,12-14,17H,7,9,11,15H2,1-4H3/t17-/m0/s1. The lowest BCUT2D eigenvalue weighted by Gasteiger charge is -2.19. The van der Waals surface area contributed by atoms with Crippen LogP contribution in [0.3, 0.4) is 0 Å². The van der Waals surface area contributed by atoms with Gasteiger partial charge < -0.3 is 9.64 Å². The van der Waals surface area contributed by atoms with E-state index in [4.69, 9.17) is 4.74 Å². The first kappa shape index (κ1) is 16.8. The van der Waals surface area contributed by atoms with Crippen LogP contribution in [-0.2, 0) is 0 Å². The summed E-state index contributed by atoms with van der Waals surface area (Å²) < 4.78 is 5.91. The van der Waals surface area contributed by atoms with Crippen LogP contribution < -0.4 is 4.74 Å². The van der Waals surface area contributed by atoms with Crippen molar-refractivity contribution >= 4 is 6.08 Å². The van der Waals surface area contributed by atoms with Crippen molar-refractivity contribution in [2.75, 3.05) is 20.2 Å². The SMILES string of the molecule is CN1CCC[C@H]1COc1cncc(C=CC=CC(C)(C)C)c1. The van der Waals surface area contributed by atoms with Crippen LogP contribution in [0.1, 0.15) is 39.2 Å². The van der Waals surface area contributed by atoms with Gasteiger partial charge in [0.15, 0.2) is 0 Å². The summed E-state index contributed by atoms with van der Waals surface area (Å²) in [5, 5.41) is 0. The zero-order chi connectivity index (χ0) is 16.0. The molecular weight excluding hydrogens is 272 g/mol. The molecular formula is C19H28N2O. The fraction of sp³-hybridized carbons (Fsp3) is 0.526. The van der Waals surface area contributed by atoms with Crippen molar-refractivity contribution in [3.05, 3.63) is 42.3 Å². The van der Waals surface area contributed by atoms with Gasteiger partial charge in [-0.3, -0.25) is 4.98 Å². The van der Waals surface area contributed by atoms with E-state index in [1.165, 1.54) is 19.4 Å². The lowest BCUT2D eigenvalue weighted by Crippen LogP contribution is -2.30. The molecule has 2 heterocycles. The molecule has 22 heavy (non-hydrogen) atoms. The monoisotopic (exact) mass is 300 g/mol. The summed E-state index contributed by atoms with van der Waals surface area (Å²) >= 11 is 0. The number of rotatable bonds is 5. The molecule has 1 fully saturated rings. The minimum atomic E-state index is 0.209. The van der Waals surface area contributed by atoms with E-state index in [0.29, 0.717) is 6.04 Å². The van der Waals surface area contributed by atoms with Crippen LogP contribution in [0, 0.1) is 5.41 Å². The summed E-state index contributed by atoms with van der Waals surface area (Å²) in [5.41, 5.74) is 1.27. The molecule has 1 aromatic heterocycles. The molecule has 0 amide bonds. The van der Waals surface area contributed by atoms with E-state index in [-0.39, 0.29) is 5.41 Å². The minimum absolute atomic E-state index is 0.209. The molecule has 1 aliphatic heterocycles. The summed E-state index contributed by atoms with van der Waals surface area (Å²) in [6, 6.07) is 2.58. The topological polar surface area (TPSA) is 25.4 Å². The van der Waals surface area contributed by atoms with E-state index in [2.05, 4.69) is 62.0 Å². The van der Waals surface area contributed by atoms with Crippen LogP contribution in [0.2, 0.25) is 0 Å². The fourth-order valence-corrected chi connectivity index (χ4v) is 2.50. The molecule has 0 radical (unpaired) electrons. The normalized spacial score (nSPS) is 20.3. The number of allylic oxidation sites excluding steroid dienone is 3. The molecule has 0 aromatic carbocycles. The second-order valence-electron chi connectivity index (χ2n) is 7.13. The number of hydrogen-bond acceptors (Lipinski definition) is 3. The smallest absolute Gasteiger partial charge is 0.138 e. The third-order valence-electron chi connectivity index (χ3n) is 3.84. The third kappa shape index (κ3) is 5.64. The molecule has 0 unspecified atom stereocenters. The second-order valence-corrected chi connectivity index (χ2v) is 7.13. The summed E-state index contributed by atoms with van der Waals surface area (Å²) in [7, 11) is 2.17. The summed E-state index contributed by atoms with van der Waals surface area (Å²) in [4.78, 5) is 6.63. The Morgan fingerprint density at radius 3 is 2.82 bits per heavy atom. The number of aromatic nitrogens is 1. The predicted molar refractivity (Wildman–Crippen MR) is 93.0 cm³/mol. The fourth-order valence-electron chi connectivity index (χ4n) is 2.50. The lowest BCUT2D eigenvalue weighted by molar-refractivity contribution is 0.198. The molecule has 3 nitrogen and oxygen atoms in total. The van der Waals surface area contributed by atoms with Crippen LogP contribution in [0.15, 0.2) is 36.7 Å². The molecule has 120 valence electrons. The van der Waals surface area contributed by atoms with Crippen molar-refractivity contribution in [2.24, 2.45) is 5.41 Å². The van der Waals surface area contributed by atoms with Gasteiger partial charge in [0, 0.05) is 12.2 Å². The van der Waals surface area contributed by atoms with Gasteiger partial charge in [-0.2, -0.15) is 0 Å². The third-order valence-corrected chi connectivity index (χ3v) is 3.84. The van der Waals surface area contributed by atoms with Gasteiger partial charge >= 0.3 is 0 Å². The molecule has 0 aliphatic carbocycles. The van der Waals surface area contributed by atoms with Gasteiger partial charge in [-0.05, 0) is 43.5 Å². The van der Waals surface area contributed by atoms with Gasteiger partial charge in [-0.25, -0.2) is 0 Å². The summed E-state index contributed by atoms with van der Waals surface area (Å²) in [6.45, 7) is 8.48. The number of nitrogens with zero attached hydrogens (tertiary/aromatic N) is 2. The van der Waals surface area contributed by atoms with Crippen LogP contribution in [-0.4, -0.2) is 36.1 Å². The summed E-state index contributed by atoms with van der Waals surface area (Å²) in [6.07, 6.45) is 14.5. The Morgan fingerprint density at radius 2 is 2.14 bits per heavy atom. The largest absolute Gasteiger partial charge is 0.490 e. The number of hydrogen-bond donors (Lipinski definition) is 0. The van der Waals surface area contributed by atoms with Crippen molar-refractivity contribution in [2.45, 2.75) is 39.7 Å². The Morgan fingerprint density at radius 1 is 1.32 bits per heavy atom. The molecule has 2 rings (SSSR count). The van der Waals surface area contributed by atoms with E-state index < -0.39 is 0 Å². The average Bonchev–Trinajstić information content (AvgIpc) is 2.86. The van der Waals surface area contributed by atoms with Gasteiger partial charge in [0.25, 0.3) is 0 Å². The minimum Gasteiger partial charge on any atom is -0.490 e. The van der Waals surface area contributed by atoms with Gasteiger partial charge in [-0.15, -0.1) is 0 Å². The number of ether oxygens (including phenoxy) is 1. The Hall–Kier alpha value is -1.61. The number of likely N-dealkylation sites (N-methyl/N-ethyl adjacent to an activating group) is 1. The lowest BCUT2D eigenvalue weighted by atomic mass is 9.96. The van der Waals surface area contributed by atoms with Gasteiger partial charge in [0.05, 0.1) is 6.20 Å². The second kappa shape index (κ2) is 7.59. The molecule has 1 aromatic rings. The first-order valence-corrected chi connectivity index (χ1v) is 8.08. The summed E-state index contributed by atoms with van der Waals surface area (Å²) in [5.74, 6) is 0.849. The highest BCUT2D eigenvalue weighted by molar-refractivity contribution is 5.51. The Labute approximate surface area is 134 Å². The Kier molecular flexibility index (Phi) is 5.78. The highest BCUT2D eigenvalue weighted by Crippen LogP contribution is 2.18. The number of pyridine rings is 1. The van der Waals surface area contributed by atoms with Crippen LogP contribution >= 0.6 is 0 Å². The van der Waals surface area contributed by atoms with Crippen molar-refractivity contribution < 1.29 is 4.74 Å². The van der Waals surface area contributed by atoms with Crippen molar-refractivity contribution in [1.29, 1.82) is 0 Å². The van der Waals surface area contributed by atoms with E-state index >= 15 is 0 Å². The molecule has 1 atom stereocenters. The highest BCUT2D eigenvalue weighted by atomic mass is 16.5. The quantitative estimate of drug-likeness (QED) is 0.763. The molecule has 1 saturated heterocycles. The van der Waals surface area contributed by atoms with Gasteiger partial charge in [0.2, 0.25) is 0 Å². The number of likely N-dealkylation sites (tertiary alicyclic amines) is 1. The zero-order valence-electron chi connectivity index (χ0n) is 14.2. The average molecular weight is 300 g/mol. The van der Waals surface area contributed by atoms with Gasteiger partial charge in [-0.1, -0.05) is 45.1 Å². The first-order valence-electron chi connectivity index (χ1n) is 8.08. The van der Waals surface area contributed by atoms with Crippen molar-refractivity contribution in [1.82, 2.24) is 9.88 Å². The zero-order valence-corrected chi connectivity index (χ0v) is 14.2. The predicted octanol–water partition coefficient (Wildman–Crippen LogP) is 4.17. The van der Waals surface area contributed by atoms with E-state index in [1.807, 2.05) is 12.3 Å². The van der Waals surface area contributed by atoms with Crippen LogP contribution in [0.25, 0.3) is 6.08 Å².